The fourth-order valence-corrected chi connectivity index (χ4v) is 3.88. The monoisotopic (exact) mass is 417 g/mol. The van der Waals surface area contributed by atoms with Crippen molar-refractivity contribution in [2.24, 2.45) is 4.40 Å². The summed E-state index contributed by atoms with van der Waals surface area (Å²) in [4.78, 5) is 12.1. The summed E-state index contributed by atoms with van der Waals surface area (Å²) in [6.45, 7) is 3.54. The molecule has 0 atom stereocenters. The van der Waals surface area contributed by atoms with Gasteiger partial charge in [0.25, 0.3) is 10.0 Å². The Balaban J connectivity index is 2.22. The van der Waals surface area contributed by atoms with E-state index < -0.39 is 26.7 Å². The van der Waals surface area contributed by atoms with Crippen LogP contribution in [0.4, 0.5) is 15.8 Å². The first-order valence-electron chi connectivity index (χ1n) is 9.00. The summed E-state index contributed by atoms with van der Waals surface area (Å²) >= 11 is 0. The number of halogens is 1. The zero-order valence-corrected chi connectivity index (χ0v) is 16.7. The van der Waals surface area contributed by atoms with Gasteiger partial charge in [0, 0.05) is 5.70 Å². The number of hydrogen-bond donors (Lipinski definition) is 2. The topological polar surface area (TPSA) is 96.9 Å². The average Bonchev–Trinajstić information content (AvgIpc) is 2.84. The summed E-state index contributed by atoms with van der Waals surface area (Å²) in [5.41, 5.74) is 1.54. The summed E-state index contributed by atoms with van der Waals surface area (Å²) in [5, 5.41) is 6.02. The van der Waals surface area contributed by atoms with Crippen LogP contribution in [0.25, 0.3) is 0 Å². The first kappa shape index (κ1) is 20.5. The number of nitrogens with one attached hydrogen (secondary N) is 2. The first-order valence-corrected chi connectivity index (χ1v) is 10.4. The molecule has 152 valence electrons. The molecule has 0 saturated carbocycles. The number of esters is 1. The summed E-state index contributed by atoms with van der Waals surface area (Å²) in [5.74, 6) is -1.90. The lowest BCUT2D eigenvalue weighted by Gasteiger charge is -2.13. The Bertz CT molecular complexity index is 1110. The van der Waals surface area contributed by atoms with Crippen molar-refractivity contribution in [2.75, 3.05) is 17.2 Å². The Kier molecular flexibility index (Phi) is 5.97. The molecular weight excluding hydrogens is 397 g/mol. The fraction of sp³-hybridized carbons (Fsp3) is 0.200. The SMILES string of the molecule is CCOC(=O)C1=C(CC)Nc2ccccc2N/C1=N\S(=O)(=O)c1ccccc1F. The van der Waals surface area contributed by atoms with Gasteiger partial charge in [0.1, 0.15) is 16.3 Å². The van der Waals surface area contributed by atoms with E-state index in [1.807, 2.05) is 0 Å². The molecular formula is C20H20FN3O4S. The third-order valence-corrected chi connectivity index (χ3v) is 5.47. The van der Waals surface area contributed by atoms with Crippen molar-refractivity contribution < 1.29 is 22.3 Å². The molecule has 3 rings (SSSR count). The number of sulfonamides is 1. The molecule has 0 amide bonds. The number of carbonyl (C=O) groups excluding carboxylic acids is 1. The van der Waals surface area contributed by atoms with Crippen LogP contribution < -0.4 is 10.6 Å². The van der Waals surface area contributed by atoms with Gasteiger partial charge in [0.2, 0.25) is 0 Å². The Morgan fingerprint density at radius 1 is 1.03 bits per heavy atom. The summed E-state index contributed by atoms with van der Waals surface area (Å²) in [6, 6.07) is 11.9. The molecule has 0 aromatic heterocycles. The number of amidine groups is 1. The van der Waals surface area contributed by atoms with Gasteiger partial charge in [-0.25, -0.2) is 9.18 Å². The van der Waals surface area contributed by atoms with E-state index >= 15 is 0 Å². The number of hydrogen-bond acceptors (Lipinski definition) is 5. The van der Waals surface area contributed by atoms with E-state index in [2.05, 4.69) is 15.0 Å². The second-order valence-corrected chi connectivity index (χ2v) is 7.64. The van der Waals surface area contributed by atoms with Crippen LogP contribution in [-0.2, 0) is 19.6 Å². The highest BCUT2D eigenvalue weighted by atomic mass is 32.2. The van der Waals surface area contributed by atoms with Crippen LogP contribution >= 0.6 is 0 Å². The van der Waals surface area contributed by atoms with E-state index in [-0.39, 0.29) is 18.0 Å². The van der Waals surface area contributed by atoms with Crippen molar-refractivity contribution >= 4 is 33.2 Å². The van der Waals surface area contributed by atoms with Gasteiger partial charge >= 0.3 is 5.97 Å². The Morgan fingerprint density at radius 3 is 2.28 bits per heavy atom. The summed E-state index contributed by atoms with van der Waals surface area (Å²) < 4.78 is 48.6. The van der Waals surface area contributed by atoms with E-state index in [1.165, 1.54) is 12.1 Å². The highest BCUT2D eigenvalue weighted by Gasteiger charge is 2.29. The lowest BCUT2D eigenvalue weighted by Crippen LogP contribution is -2.25. The minimum absolute atomic E-state index is 0.0505. The van der Waals surface area contributed by atoms with Crippen LogP contribution in [0.15, 0.2) is 69.1 Å². The number of anilines is 2. The highest BCUT2D eigenvalue weighted by molar-refractivity contribution is 7.90. The van der Waals surface area contributed by atoms with Crippen LogP contribution in [0.5, 0.6) is 0 Å². The van der Waals surface area contributed by atoms with Crippen molar-refractivity contribution in [3.05, 3.63) is 65.6 Å². The number of fused-ring (bicyclic) bond motifs is 1. The molecule has 0 fully saturated rings. The van der Waals surface area contributed by atoms with Crippen molar-refractivity contribution in [1.82, 2.24) is 0 Å². The van der Waals surface area contributed by atoms with Gasteiger partial charge < -0.3 is 15.4 Å². The van der Waals surface area contributed by atoms with Gasteiger partial charge in [0.15, 0.2) is 5.84 Å². The number of allylic oxidation sites excluding steroid dienone is 1. The molecule has 1 aliphatic heterocycles. The number of carbonyl (C=O) groups is 1. The lowest BCUT2D eigenvalue weighted by atomic mass is 10.1. The fourth-order valence-electron chi connectivity index (χ4n) is 2.84. The first-order chi connectivity index (χ1) is 13.9. The zero-order valence-electron chi connectivity index (χ0n) is 15.9. The standard InChI is InChI=1S/C20H20FN3O4S/c1-3-14-18(20(25)28-4-2)19(23-16-11-7-6-10-15(16)22-14)24-29(26,27)17-12-8-5-9-13(17)21/h5-12,22H,3-4H2,1-2H3,(H,23,24). The Labute approximate surface area is 168 Å². The van der Waals surface area contributed by atoms with Crippen molar-refractivity contribution in [3.8, 4) is 0 Å². The third-order valence-electron chi connectivity index (χ3n) is 4.16. The van der Waals surface area contributed by atoms with E-state index in [4.69, 9.17) is 4.74 Å². The number of benzene rings is 2. The van der Waals surface area contributed by atoms with Gasteiger partial charge in [-0.1, -0.05) is 31.2 Å². The molecule has 0 bridgehead atoms. The smallest absolute Gasteiger partial charge is 0.343 e. The molecule has 2 aromatic carbocycles. The molecule has 1 aliphatic rings. The normalized spacial score (nSPS) is 15.2. The summed E-state index contributed by atoms with van der Waals surface area (Å²) in [7, 11) is -4.44. The minimum Gasteiger partial charge on any atom is -0.462 e. The molecule has 29 heavy (non-hydrogen) atoms. The van der Waals surface area contributed by atoms with E-state index in [9.17, 15) is 17.6 Å². The quantitative estimate of drug-likeness (QED) is 0.721. The number of rotatable bonds is 5. The Hall–Kier alpha value is -3.20. The molecule has 0 spiro atoms. The second kappa shape index (κ2) is 8.44. The molecule has 2 N–H and O–H groups in total. The van der Waals surface area contributed by atoms with Crippen molar-refractivity contribution in [3.63, 3.8) is 0 Å². The highest BCUT2D eigenvalue weighted by Crippen LogP contribution is 2.30. The van der Waals surface area contributed by atoms with Gasteiger partial charge in [-0.05, 0) is 37.6 Å². The largest absolute Gasteiger partial charge is 0.462 e. The van der Waals surface area contributed by atoms with Gasteiger partial charge in [0.05, 0.1) is 18.0 Å². The van der Waals surface area contributed by atoms with Crippen LogP contribution in [0.3, 0.4) is 0 Å². The number of nitrogens with zero attached hydrogens (tertiary/aromatic N) is 1. The van der Waals surface area contributed by atoms with Crippen molar-refractivity contribution in [2.45, 2.75) is 25.2 Å². The van der Waals surface area contributed by atoms with Crippen LogP contribution in [0.1, 0.15) is 20.3 Å². The molecule has 2 aromatic rings. The van der Waals surface area contributed by atoms with E-state index in [0.29, 0.717) is 23.5 Å². The molecule has 0 unspecified atom stereocenters. The molecule has 7 nitrogen and oxygen atoms in total. The Morgan fingerprint density at radius 2 is 1.66 bits per heavy atom. The second-order valence-electron chi connectivity index (χ2n) is 6.07. The number of para-hydroxylation sites is 2. The minimum atomic E-state index is -4.44. The molecule has 0 aliphatic carbocycles. The molecule has 0 saturated heterocycles. The van der Waals surface area contributed by atoms with Crippen LogP contribution in [0.2, 0.25) is 0 Å². The average molecular weight is 417 g/mol. The van der Waals surface area contributed by atoms with Gasteiger partial charge in [-0.15, -0.1) is 4.40 Å². The third kappa shape index (κ3) is 4.29. The predicted molar refractivity (Wildman–Crippen MR) is 109 cm³/mol. The van der Waals surface area contributed by atoms with Crippen molar-refractivity contribution in [1.29, 1.82) is 0 Å². The zero-order chi connectivity index (χ0) is 21.0. The van der Waals surface area contributed by atoms with Crippen LogP contribution in [-0.4, -0.2) is 26.8 Å². The summed E-state index contributed by atoms with van der Waals surface area (Å²) in [6.07, 6.45) is 0.378. The van der Waals surface area contributed by atoms with E-state index in [1.54, 1.807) is 38.1 Å². The maximum absolute atomic E-state index is 14.1. The predicted octanol–water partition coefficient (Wildman–Crippen LogP) is 3.68. The lowest BCUT2D eigenvalue weighted by molar-refractivity contribution is -0.137. The van der Waals surface area contributed by atoms with E-state index in [0.717, 1.165) is 12.1 Å². The molecule has 9 heteroatoms. The number of ether oxygens (including phenoxy) is 1. The maximum Gasteiger partial charge on any atom is 0.343 e. The molecule has 1 heterocycles. The van der Waals surface area contributed by atoms with Gasteiger partial charge in [-0.2, -0.15) is 8.42 Å². The maximum atomic E-state index is 14.1. The van der Waals surface area contributed by atoms with Crippen LogP contribution in [0, 0.1) is 5.82 Å². The molecule has 0 radical (unpaired) electrons. The van der Waals surface area contributed by atoms with Gasteiger partial charge in [-0.3, -0.25) is 0 Å².